The minimum absolute atomic E-state index is 0.606. The minimum atomic E-state index is 0.606. The first-order valence-electron chi connectivity index (χ1n) is 4.61. The molecule has 1 aliphatic rings. The third kappa shape index (κ3) is 2.36. The quantitative estimate of drug-likeness (QED) is 0.791. The number of rotatable bonds is 4. The van der Waals surface area contributed by atoms with Crippen molar-refractivity contribution in [3.63, 3.8) is 0 Å². The molecule has 76 valence electrons. The van der Waals surface area contributed by atoms with Crippen molar-refractivity contribution in [3.05, 3.63) is 16.9 Å². The molecule has 0 aromatic carbocycles. The van der Waals surface area contributed by atoms with Crippen LogP contribution in [0, 0.1) is 0 Å². The number of halogens is 2. The van der Waals surface area contributed by atoms with Gasteiger partial charge in [0, 0.05) is 30.9 Å². The Morgan fingerprint density at radius 1 is 1.43 bits per heavy atom. The number of hydrogen-bond acceptors (Lipinski definition) is 3. The van der Waals surface area contributed by atoms with Crippen molar-refractivity contribution in [2.24, 2.45) is 0 Å². The van der Waals surface area contributed by atoms with E-state index in [1.807, 2.05) is 0 Å². The van der Waals surface area contributed by atoms with Crippen LogP contribution in [0.1, 0.15) is 12.8 Å². The van der Waals surface area contributed by atoms with Crippen molar-refractivity contribution in [3.8, 4) is 0 Å². The lowest BCUT2D eigenvalue weighted by atomic mass is 10.5. The number of hydrogen-bond donors (Lipinski definition) is 0. The molecule has 1 heterocycles. The first-order chi connectivity index (χ1) is 6.81. The van der Waals surface area contributed by atoms with Gasteiger partial charge in [-0.25, -0.2) is 9.97 Å². The highest BCUT2D eigenvalue weighted by Crippen LogP contribution is 2.29. The molecule has 0 N–H and O–H groups in total. The Kier molecular flexibility index (Phi) is 3.23. The van der Waals surface area contributed by atoms with E-state index in [4.69, 9.17) is 11.6 Å². The molecular weight excluding hydrogens is 265 g/mol. The van der Waals surface area contributed by atoms with Crippen LogP contribution >= 0.6 is 27.5 Å². The molecule has 0 atom stereocenters. The average Bonchev–Trinajstić information content (AvgIpc) is 2.99. The largest absolute Gasteiger partial charge is 0.337 e. The van der Waals surface area contributed by atoms with Crippen LogP contribution in [0.5, 0.6) is 0 Å². The first kappa shape index (κ1) is 10.2. The molecule has 3 nitrogen and oxygen atoms in total. The van der Waals surface area contributed by atoms with Gasteiger partial charge in [0.25, 0.3) is 0 Å². The number of anilines is 1. The maximum absolute atomic E-state index is 5.74. The van der Waals surface area contributed by atoms with E-state index in [2.05, 4.69) is 30.8 Å². The maximum Gasteiger partial charge on any atom is 0.225 e. The van der Waals surface area contributed by atoms with E-state index in [9.17, 15) is 0 Å². The normalized spacial score (nSPS) is 15.6. The Hall–Kier alpha value is -0.350. The predicted molar refractivity (Wildman–Crippen MR) is 60.8 cm³/mol. The molecule has 1 aromatic rings. The van der Waals surface area contributed by atoms with E-state index < -0.39 is 0 Å². The van der Waals surface area contributed by atoms with Gasteiger partial charge in [0.1, 0.15) is 0 Å². The van der Waals surface area contributed by atoms with Gasteiger partial charge in [-0.05, 0) is 28.8 Å². The topological polar surface area (TPSA) is 29.0 Å². The highest BCUT2D eigenvalue weighted by Gasteiger charge is 2.30. The van der Waals surface area contributed by atoms with Crippen molar-refractivity contribution >= 4 is 33.5 Å². The van der Waals surface area contributed by atoms with Gasteiger partial charge < -0.3 is 4.90 Å². The number of aromatic nitrogens is 2. The predicted octanol–water partition coefficient (Wildman–Crippen LogP) is 2.45. The molecule has 0 unspecified atom stereocenters. The summed E-state index contributed by atoms with van der Waals surface area (Å²) in [5, 5.41) is 0. The van der Waals surface area contributed by atoms with Gasteiger partial charge in [-0.1, -0.05) is 0 Å². The van der Waals surface area contributed by atoms with Gasteiger partial charge in [-0.2, -0.15) is 0 Å². The van der Waals surface area contributed by atoms with Crippen LogP contribution < -0.4 is 4.90 Å². The van der Waals surface area contributed by atoms with E-state index in [0.717, 1.165) is 17.0 Å². The Balaban J connectivity index is 2.13. The minimum Gasteiger partial charge on any atom is -0.337 e. The molecule has 0 saturated heterocycles. The van der Waals surface area contributed by atoms with Crippen LogP contribution in [0.4, 0.5) is 5.95 Å². The highest BCUT2D eigenvalue weighted by molar-refractivity contribution is 9.10. The highest BCUT2D eigenvalue weighted by atomic mass is 79.9. The molecule has 5 heteroatoms. The first-order valence-corrected chi connectivity index (χ1v) is 5.94. The molecule has 2 rings (SSSR count). The Morgan fingerprint density at radius 2 is 2.07 bits per heavy atom. The molecule has 1 aromatic heterocycles. The monoisotopic (exact) mass is 275 g/mol. The van der Waals surface area contributed by atoms with Crippen LogP contribution in [0.2, 0.25) is 0 Å². The van der Waals surface area contributed by atoms with E-state index in [0.29, 0.717) is 11.9 Å². The van der Waals surface area contributed by atoms with Crippen LogP contribution in [-0.2, 0) is 0 Å². The summed E-state index contributed by atoms with van der Waals surface area (Å²) >= 11 is 9.06. The van der Waals surface area contributed by atoms with Crippen LogP contribution in [-0.4, -0.2) is 28.4 Å². The lowest BCUT2D eigenvalue weighted by Gasteiger charge is -2.20. The van der Waals surface area contributed by atoms with E-state index in [-0.39, 0.29) is 0 Å². The SMILES string of the molecule is ClCCN(c1ncc(Br)cn1)C1CC1. The van der Waals surface area contributed by atoms with Gasteiger partial charge in [-0.3, -0.25) is 0 Å². The van der Waals surface area contributed by atoms with Crippen molar-refractivity contribution in [1.82, 2.24) is 9.97 Å². The fourth-order valence-electron chi connectivity index (χ4n) is 1.38. The lowest BCUT2D eigenvalue weighted by molar-refractivity contribution is 0.788. The van der Waals surface area contributed by atoms with E-state index in [1.165, 1.54) is 12.8 Å². The second-order valence-electron chi connectivity index (χ2n) is 3.31. The Labute approximate surface area is 96.6 Å². The fourth-order valence-corrected chi connectivity index (χ4v) is 1.76. The molecule has 1 aliphatic carbocycles. The second kappa shape index (κ2) is 4.45. The molecule has 0 amide bonds. The summed E-state index contributed by atoms with van der Waals surface area (Å²) < 4.78 is 0.905. The zero-order valence-electron chi connectivity index (χ0n) is 7.66. The van der Waals surface area contributed by atoms with E-state index in [1.54, 1.807) is 12.4 Å². The molecule has 14 heavy (non-hydrogen) atoms. The summed E-state index contributed by atoms with van der Waals surface area (Å²) in [7, 11) is 0. The van der Waals surface area contributed by atoms with Crippen LogP contribution in [0.25, 0.3) is 0 Å². The Bertz CT molecular complexity index is 299. The molecule has 0 bridgehead atoms. The molecule has 1 saturated carbocycles. The van der Waals surface area contributed by atoms with Crippen molar-refractivity contribution in [1.29, 1.82) is 0 Å². The summed E-state index contributed by atoms with van der Waals surface area (Å²) in [4.78, 5) is 10.7. The standard InChI is InChI=1S/C9H11BrClN3/c10-7-5-12-9(13-6-7)14(4-3-11)8-1-2-8/h5-6,8H,1-4H2. The summed E-state index contributed by atoms with van der Waals surface area (Å²) in [5.74, 6) is 1.41. The van der Waals surface area contributed by atoms with Crippen molar-refractivity contribution in [2.75, 3.05) is 17.3 Å². The zero-order chi connectivity index (χ0) is 9.97. The van der Waals surface area contributed by atoms with Gasteiger partial charge in [-0.15, -0.1) is 11.6 Å². The number of nitrogens with zero attached hydrogens (tertiary/aromatic N) is 3. The summed E-state index contributed by atoms with van der Waals surface area (Å²) in [5.41, 5.74) is 0. The third-order valence-electron chi connectivity index (χ3n) is 2.18. The summed E-state index contributed by atoms with van der Waals surface area (Å²) in [6.07, 6.45) is 6.00. The molecule has 0 radical (unpaired) electrons. The van der Waals surface area contributed by atoms with Crippen LogP contribution in [0.15, 0.2) is 16.9 Å². The smallest absolute Gasteiger partial charge is 0.225 e. The lowest BCUT2D eigenvalue weighted by Crippen LogP contribution is -2.29. The van der Waals surface area contributed by atoms with E-state index >= 15 is 0 Å². The molecule has 0 aliphatic heterocycles. The van der Waals surface area contributed by atoms with Gasteiger partial charge in [0.2, 0.25) is 5.95 Å². The average molecular weight is 277 g/mol. The summed E-state index contributed by atoms with van der Waals surface area (Å²) in [6.45, 7) is 0.827. The molecule has 0 spiro atoms. The van der Waals surface area contributed by atoms with Gasteiger partial charge in [0.15, 0.2) is 0 Å². The maximum atomic E-state index is 5.74. The van der Waals surface area contributed by atoms with Gasteiger partial charge >= 0.3 is 0 Å². The van der Waals surface area contributed by atoms with Crippen LogP contribution in [0.3, 0.4) is 0 Å². The second-order valence-corrected chi connectivity index (χ2v) is 4.61. The fraction of sp³-hybridized carbons (Fsp3) is 0.556. The van der Waals surface area contributed by atoms with Crippen molar-refractivity contribution in [2.45, 2.75) is 18.9 Å². The summed E-state index contributed by atoms with van der Waals surface area (Å²) in [6, 6.07) is 0.606. The third-order valence-corrected chi connectivity index (χ3v) is 2.76. The Morgan fingerprint density at radius 3 is 2.57 bits per heavy atom. The zero-order valence-corrected chi connectivity index (χ0v) is 10.00. The van der Waals surface area contributed by atoms with Crippen molar-refractivity contribution < 1.29 is 0 Å². The number of alkyl halides is 1. The molecule has 1 fully saturated rings. The molecular formula is C9H11BrClN3. The van der Waals surface area contributed by atoms with Gasteiger partial charge in [0.05, 0.1) is 4.47 Å².